The summed E-state index contributed by atoms with van der Waals surface area (Å²) in [6.45, 7) is 0. The van der Waals surface area contributed by atoms with Crippen molar-refractivity contribution < 1.29 is 4.79 Å². The molecule has 0 bridgehead atoms. The number of halogens is 3. The second-order valence-electron chi connectivity index (χ2n) is 1.92. The minimum absolute atomic E-state index is 0.749. The Morgan fingerprint density at radius 1 is 1.09 bits per heavy atom. The van der Waals surface area contributed by atoms with Gasteiger partial charge in [0.2, 0.25) is 0 Å². The van der Waals surface area contributed by atoms with E-state index in [0.29, 0.717) is 0 Å². The van der Waals surface area contributed by atoms with Gasteiger partial charge in [0, 0.05) is 16.3 Å². The lowest BCUT2D eigenvalue weighted by molar-refractivity contribution is 0.112. The number of rotatable bonds is 1. The maximum absolute atomic E-state index is 10.4. The third kappa shape index (κ3) is 2.51. The molecule has 1 nitrogen and oxygen atoms in total. The molecule has 0 unspecified atom stereocenters. The second kappa shape index (κ2) is 4.35. The summed E-state index contributed by atoms with van der Waals surface area (Å²) in [5.74, 6) is 0. The van der Waals surface area contributed by atoms with E-state index in [2.05, 4.69) is 67.8 Å². The molecule has 1 rings (SSSR count). The van der Waals surface area contributed by atoms with Gasteiger partial charge in [-0.05, 0) is 79.9 Å². The average Bonchev–Trinajstić information content (AvgIpc) is 1.99. The Hall–Kier alpha value is 1.08. The minimum Gasteiger partial charge on any atom is -0.298 e. The monoisotopic (exact) mass is 484 g/mol. The molecule has 0 amide bonds. The average molecular weight is 484 g/mol. The summed E-state index contributed by atoms with van der Waals surface area (Å²) in [4.78, 5) is 10.4. The SMILES string of the molecule is O=Cc1cc(I)c(I)c(I)c1. The van der Waals surface area contributed by atoms with Crippen molar-refractivity contribution in [3.05, 3.63) is 28.4 Å². The zero-order valence-corrected chi connectivity index (χ0v) is 11.7. The molecular formula is C7H3I3O. The Morgan fingerprint density at radius 2 is 1.55 bits per heavy atom. The molecule has 0 saturated heterocycles. The molecule has 0 saturated carbocycles. The summed E-state index contributed by atoms with van der Waals surface area (Å²) in [6.07, 6.45) is 0.875. The smallest absolute Gasteiger partial charge is 0.150 e. The first-order chi connectivity index (χ1) is 5.15. The molecule has 0 N–H and O–H groups in total. The van der Waals surface area contributed by atoms with Crippen molar-refractivity contribution in [3.63, 3.8) is 0 Å². The van der Waals surface area contributed by atoms with Crippen LogP contribution in [0.1, 0.15) is 10.4 Å². The van der Waals surface area contributed by atoms with E-state index in [1.54, 1.807) is 0 Å². The van der Waals surface area contributed by atoms with Gasteiger partial charge in [0.05, 0.1) is 0 Å². The van der Waals surface area contributed by atoms with Crippen molar-refractivity contribution in [2.24, 2.45) is 0 Å². The summed E-state index contributed by atoms with van der Waals surface area (Å²) < 4.78 is 3.49. The highest BCUT2D eigenvalue weighted by Gasteiger charge is 2.02. The van der Waals surface area contributed by atoms with Crippen LogP contribution >= 0.6 is 67.8 Å². The molecule has 1 aromatic rings. The molecule has 4 heteroatoms. The topological polar surface area (TPSA) is 17.1 Å². The molecule has 1 aromatic carbocycles. The number of hydrogen-bond donors (Lipinski definition) is 0. The van der Waals surface area contributed by atoms with Gasteiger partial charge in [-0.15, -0.1) is 0 Å². The molecule has 0 atom stereocenters. The Kier molecular flexibility index (Phi) is 4.02. The fourth-order valence-electron chi connectivity index (χ4n) is 0.643. The third-order valence-electron chi connectivity index (χ3n) is 1.14. The van der Waals surface area contributed by atoms with Crippen LogP contribution in [0.15, 0.2) is 12.1 Å². The molecule has 0 spiro atoms. The lowest BCUT2D eigenvalue weighted by Crippen LogP contribution is -1.89. The van der Waals surface area contributed by atoms with Crippen molar-refractivity contribution in [1.82, 2.24) is 0 Å². The predicted octanol–water partition coefficient (Wildman–Crippen LogP) is 3.31. The molecule has 0 heterocycles. The molecule has 0 aliphatic carbocycles. The Bertz CT molecular complexity index is 273. The fraction of sp³-hybridized carbons (Fsp3) is 0. The van der Waals surface area contributed by atoms with Gasteiger partial charge in [-0.2, -0.15) is 0 Å². The van der Waals surface area contributed by atoms with Crippen molar-refractivity contribution in [1.29, 1.82) is 0 Å². The number of hydrogen-bond acceptors (Lipinski definition) is 1. The van der Waals surface area contributed by atoms with Gasteiger partial charge in [0.25, 0.3) is 0 Å². The fourth-order valence-corrected chi connectivity index (χ4v) is 2.77. The molecule has 0 aliphatic heterocycles. The quantitative estimate of drug-likeness (QED) is 0.340. The highest BCUT2D eigenvalue weighted by Crippen LogP contribution is 2.22. The van der Waals surface area contributed by atoms with Crippen LogP contribution in [0.2, 0.25) is 0 Å². The van der Waals surface area contributed by atoms with E-state index in [-0.39, 0.29) is 0 Å². The van der Waals surface area contributed by atoms with Gasteiger partial charge in [-0.3, -0.25) is 4.79 Å². The highest BCUT2D eigenvalue weighted by atomic mass is 127. The lowest BCUT2D eigenvalue weighted by Gasteiger charge is -1.99. The standard InChI is InChI=1S/C7H3I3O/c8-5-1-4(3-11)2-6(9)7(5)10/h1-3H. The van der Waals surface area contributed by atoms with E-state index in [9.17, 15) is 4.79 Å². The van der Waals surface area contributed by atoms with Crippen molar-refractivity contribution in [3.8, 4) is 0 Å². The van der Waals surface area contributed by atoms with Gasteiger partial charge < -0.3 is 0 Å². The molecule has 58 valence electrons. The largest absolute Gasteiger partial charge is 0.298 e. The van der Waals surface area contributed by atoms with E-state index in [0.717, 1.165) is 19.0 Å². The van der Waals surface area contributed by atoms with E-state index in [1.165, 1.54) is 3.57 Å². The summed E-state index contributed by atoms with van der Waals surface area (Å²) in [6, 6.07) is 3.77. The normalized spacial score (nSPS) is 9.73. The molecule has 0 aromatic heterocycles. The van der Waals surface area contributed by atoms with E-state index < -0.39 is 0 Å². The third-order valence-corrected chi connectivity index (χ3v) is 6.07. The first-order valence-electron chi connectivity index (χ1n) is 2.75. The van der Waals surface area contributed by atoms with Crippen molar-refractivity contribution in [2.45, 2.75) is 0 Å². The van der Waals surface area contributed by atoms with Crippen LogP contribution in [0.4, 0.5) is 0 Å². The number of benzene rings is 1. The zero-order valence-electron chi connectivity index (χ0n) is 5.27. The highest BCUT2D eigenvalue weighted by molar-refractivity contribution is 14.1. The second-order valence-corrected chi connectivity index (χ2v) is 5.32. The predicted molar refractivity (Wildman–Crippen MR) is 70.0 cm³/mol. The number of carbonyl (C=O) groups excluding carboxylic acids is 1. The Balaban J connectivity index is 3.31. The molecule has 11 heavy (non-hydrogen) atoms. The maximum atomic E-state index is 10.4. The van der Waals surface area contributed by atoms with Crippen molar-refractivity contribution in [2.75, 3.05) is 0 Å². The van der Waals surface area contributed by atoms with E-state index >= 15 is 0 Å². The van der Waals surface area contributed by atoms with Crippen LogP contribution in [-0.4, -0.2) is 6.29 Å². The van der Waals surface area contributed by atoms with Crippen LogP contribution in [0.25, 0.3) is 0 Å². The summed E-state index contributed by atoms with van der Waals surface area (Å²) in [5, 5.41) is 0. The first kappa shape index (κ1) is 10.2. The van der Waals surface area contributed by atoms with Gasteiger partial charge in [0.1, 0.15) is 6.29 Å². The summed E-state index contributed by atoms with van der Waals surface area (Å²) >= 11 is 6.73. The molecule has 0 radical (unpaired) electrons. The van der Waals surface area contributed by atoms with Crippen LogP contribution in [0.3, 0.4) is 0 Å². The Morgan fingerprint density at radius 3 is 1.91 bits per heavy atom. The van der Waals surface area contributed by atoms with Crippen LogP contribution in [-0.2, 0) is 0 Å². The van der Waals surface area contributed by atoms with Crippen LogP contribution in [0, 0.1) is 10.7 Å². The maximum Gasteiger partial charge on any atom is 0.150 e. The van der Waals surface area contributed by atoms with E-state index in [4.69, 9.17) is 0 Å². The zero-order chi connectivity index (χ0) is 8.43. The number of carbonyl (C=O) groups is 1. The summed E-state index contributed by atoms with van der Waals surface area (Å²) in [7, 11) is 0. The van der Waals surface area contributed by atoms with E-state index in [1.807, 2.05) is 12.1 Å². The van der Waals surface area contributed by atoms with Gasteiger partial charge >= 0.3 is 0 Å². The molecule has 0 aliphatic rings. The molecule has 0 fully saturated rings. The van der Waals surface area contributed by atoms with Crippen molar-refractivity contribution >= 4 is 74.1 Å². The first-order valence-corrected chi connectivity index (χ1v) is 5.98. The Labute approximate surface area is 106 Å². The van der Waals surface area contributed by atoms with Crippen LogP contribution in [0.5, 0.6) is 0 Å². The number of aldehydes is 1. The van der Waals surface area contributed by atoms with Crippen LogP contribution < -0.4 is 0 Å². The summed E-state index contributed by atoms with van der Waals surface area (Å²) in [5.41, 5.74) is 0.749. The molecular weight excluding hydrogens is 481 g/mol. The lowest BCUT2D eigenvalue weighted by atomic mass is 10.2. The minimum atomic E-state index is 0.749. The van der Waals surface area contributed by atoms with Gasteiger partial charge in [-0.25, -0.2) is 0 Å². The van der Waals surface area contributed by atoms with Gasteiger partial charge in [0.15, 0.2) is 0 Å². The van der Waals surface area contributed by atoms with Gasteiger partial charge in [-0.1, -0.05) is 0 Å².